The van der Waals surface area contributed by atoms with E-state index in [0.717, 1.165) is 0 Å². The van der Waals surface area contributed by atoms with E-state index in [1.807, 2.05) is 0 Å². The lowest BCUT2D eigenvalue weighted by Gasteiger charge is -2.09. The van der Waals surface area contributed by atoms with E-state index in [-0.39, 0.29) is 57.2 Å². The predicted molar refractivity (Wildman–Crippen MR) is 144 cm³/mol. The molecule has 0 aromatic rings. The van der Waals surface area contributed by atoms with Crippen LogP contribution in [0.25, 0.3) is 0 Å². The summed E-state index contributed by atoms with van der Waals surface area (Å²) >= 11 is 0. The van der Waals surface area contributed by atoms with Crippen molar-refractivity contribution in [1.29, 1.82) is 0 Å². The van der Waals surface area contributed by atoms with Crippen molar-refractivity contribution in [2.24, 2.45) is 0 Å². The third kappa shape index (κ3) is 49.2. The van der Waals surface area contributed by atoms with Crippen LogP contribution in [-0.2, 0) is 57.1 Å². The molecule has 0 aliphatic carbocycles. The Morgan fingerprint density at radius 3 is 1.21 bits per heavy atom. The van der Waals surface area contributed by atoms with E-state index in [2.05, 4.69) is 48.5 Å². The van der Waals surface area contributed by atoms with Crippen molar-refractivity contribution >= 4 is 36.1 Å². The molecular weight excluding hydrogens is 580 g/mol. The van der Waals surface area contributed by atoms with E-state index in [9.17, 15) is 28.8 Å². The molecule has 0 rings (SSSR count). The lowest BCUT2D eigenvalue weighted by Crippen LogP contribution is -2.38. The quantitative estimate of drug-likeness (QED) is 0.0747. The number of methoxy groups -OCH3 is 2. The highest BCUT2D eigenvalue weighted by Crippen LogP contribution is 1.86. The van der Waals surface area contributed by atoms with E-state index < -0.39 is 76.3 Å². The second kappa shape index (κ2) is 44.2. The number of aliphatic hydroxyl groups excluding tert-OH is 3. The fourth-order valence-electron chi connectivity index (χ4n) is 1.14. The number of esters is 4. The Kier molecular flexibility index (Phi) is 61.0. The summed E-state index contributed by atoms with van der Waals surface area (Å²) < 4.78 is 35.0. The summed E-state index contributed by atoms with van der Waals surface area (Å²) in [4.78, 5) is 64.4. The zero-order valence-corrected chi connectivity index (χ0v) is 19.9. The number of carbonyl (C=O) groups excluding carboxylic acids is 6. The van der Waals surface area contributed by atoms with Crippen LogP contribution in [0.4, 0.5) is 9.59 Å². The van der Waals surface area contributed by atoms with Gasteiger partial charge in [0.25, 0.3) is 0 Å². The molecule has 20 heteroatoms. The summed E-state index contributed by atoms with van der Waals surface area (Å²) in [5, 5.41) is 34.7. The Labute approximate surface area is 246 Å². The topological polar surface area (TPSA) is 281 Å². The van der Waals surface area contributed by atoms with Gasteiger partial charge in [-0.2, -0.15) is 0 Å². The fraction of sp³-hybridized carbons (Fsp3) is 0.727. The first-order chi connectivity index (χ1) is 17.6. The van der Waals surface area contributed by atoms with Gasteiger partial charge in [0.1, 0.15) is 26.6 Å². The Hall–Kier alpha value is -3.82. The Balaban J connectivity index is -0.0000000868. The normalized spacial score (nSPS) is 7.95. The summed E-state index contributed by atoms with van der Waals surface area (Å²) in [6.45, 7) is -5.01. The second-order valence-corrected chi connectivity index (χ2v) is 5.14. The number of aliphatic hydroxyl groups is 4. The van der Waals surface area contributed by atoms with Crippen molar-refractivity contribution in [3.63, 3.8) is 0 Å². The first kappa shape index (κ1) is 57.9. The standard InChI is InChI=1S/C11H18N2O10.C5H8O6.CH4O2.5CH4/c1-18-3-8(14)21-7-22-9(15)4-20-10(16)12-5-13-11(17)23-6-19-2;6-1-4(8)10-3-11-5(9)2-7;2-1-3;;;;;/h3-7H2,1-2H3,(H,12,16)(H,13,17);6-7H,1-3H2;2-3H,1H2;5*1H4. The zero-order valence-electron chi connectivity index (χ0n) is 19.9. The number of amides is 2. The Bertz CT molecular complexity index is 647. The van der Waals surface area contributed by atoms with Crippen LogP contribution in [-0.4, -0.2) is 131 Å². The maximum atomic E-state index is 11.2. The van der Waals surface area contributed by atoms with Crippen molar-refractivity contribution < 1.29 is 87.1 Å². The first-order valence-corrected chi connectivity index (χ1v) is 9.46. The van der Waals surface area contributed by atoms with Gasteiger partial charge >= 0.3 is 36.1 Å². The van der Waals surface area contributed by atoms with Crippen molar-refractivity contribution in [3.8, 4) is 0 Å². The van der Waals surface area contributed by atoms with Crippen molar-refractivity contribution in [2.75, 3.05) is 74.5 Å². The monoisotopic (exact) mass is 630 g/mol. The van der Waals surface area contributed by atoms with Crippen LogP contribution in [0.1, 0.15) is 37.1 Å². The SMILES string of the molecule is C.C.C.C.C.COCOC(=O)NCNC(=O)OCC(=O)OCOC(=O)COC.O=C(CO)OCOC(=O)CO.OCO. The van der Waals surface area contributed by atoms with Crippen LogP contribution >= 0.6 is 0 Å². The van der Waals surface area contributed by atoms with Crippen molar-refractivity contribution in [2.45, 2.75) is 37.1 Å². The van der Waals surface area contributed by atoms with Gasteiger partial charge in [-0.05, 0) is 0 Å². The molecule has 0 spiro atoms. The maximum absolute atomic E-state index is 11.2. The molecule has 0 heterocycles. The van der Waals surface area contributed by atoms with Crippen LogP contribution < -0.4 is 10.6 Å². The molecule has 0 aliphatic heterocycles. The van der Waals surface area contributed by atoms with Gasteiger partial charge in [0.2, 0.25) is 13.6 Å². The highest BCUT2D eigenvalue weighted by Gasteiger charge is 2.10. The Morgan fingerprint density at radius 1 is 0.500 bits per heavy atom. The summed E-state index contributed by atoms with van der Waals surface area (Å²) in [5.74, 6) is -3.44. The van der Waals surface area contributed by atoms with Crippen molar-refractivity contribution in [1.82, 2.24) is 10.6 Å². The third-order valence-electron chi connectivity index (χ3n) is 2.49. The number of hydrogen-bond acceptors (Lipinski definition) is 18. The minimum Gasteiger partial charge on any atom is -0.438 e. The average Bonchev–Trinajstić information content (AvgIpc) is 2.87. The van der Waals surface area contributed by atoms with Gasteiger partial charge in [-0.1, -0.05) is 37.1 Å². The third-order valence-corrected chi connectivity index (χ3v) is 2.49. The van der Waals surface area contributed by atoms with E-state index in [1.165, 1.54) is 14.2 Å². The minimum atomic E-state index is -0.981. The fourth-order valence-corrected chi connectivity index (χ4v) is 1.14. The number of rotatable bonds is 14. The highest BCUT2D eigenvalue weighted by atomic mass is 16.7. The molecule has 0 fully saturated rings. The molecule has 0 aromatic carbocycles. The minimum absolute atomic E-state index is 0. The summed E-state index contributed by atoms with van der Waals surface area (Å²) in [6.07, 6.45) is -1.80. The maximum Gasteiger partial charge on any atom is 0.410 e. The van der Waals surface area contributed by atoms with Crippen LogP contribution in [0.3, 0.4) is 0 Å². The molecule has 0 saturated carbocycles. The molecule has 256 valence electrons. The molecule has 0 atom stereocenters. The summed E-state index contributed by atoms with van der Waals surface area (Å²) in [5.41, 5.74) is 0. The largest absolute Gasteiger partial charge is 0.438 e. The average molecular weight is 631 g/mol. The van der Waals surface area contributed by atoms with Gasteiger partial charge in [0, 0.05) is 14.2 Å². The molecule has 2 amide bonds. The molecule has 0 aliphatic rings. The lowest BCUT2D eigenvalue weighted by atomic mass is 10.7. The molecule has 42 heavy (non-hydrogen) atoms. The number of ether oxygens (including phenoxy) is 8. The van der Waals surface area contributed by atoms with Gasteiger partial charge in [0.05, 0.1) is 6.67 Å². The van der Waals surface area contributed by atoms with Gasteiger partial charge in [-0.3, -0.25) is 0 Å². The summed E-state index contributed by atoms with van der Waals surface area (Å²) in [6, 6.07) is 0. The summed E-state index contributed by atoms with van der Waals surface area (Å²) in [7, 11) is 2.63. The van der Waals surface area contributed by atoms with Crippen molar-refractivity contribution in [3.05, 3.63) is 0 Å². The van der Waals surface area contributed by atoms with Gasteiger partial charge < -0.3 is 69.0 Å². The zero-order chi connectivity index (χ0) is 28.9. The van der Waals surface area contributed by atoms with Crippen LogP contribution in [0.2, 0.25) is 0 Å². The lowest BCUT2D eigenvalue weighted by molar-refractivity contribution is -0.172. The van der Waals surface area contributed by atoms with Gasteiger partial charge in [0.15, 0.2) is 13.4 Å². The molecule has 0 aromatic heterocycles. The molecule has 0 saturated heterocycles. The van der Waals surface area contributed by atoms with Gasteiger partial charge in [-0.15, -0.1) is 0 Å². The molecular formula is C22H50N2O18. The number of alkyl carbamates (subject to hydrolysis) is 2. The van der Waals surface area contributed by atoms with Gasteiger partial charge in [-0.25, -0.2) is 28.8 Å². The molecule has 0 radical (unpaired) electrons. The van der Waals surface area contributed by atoms with E-state index in [4.69, 9.17) is 20.4 Å². The van der Waals surface area contributed by atoms with E-state index in [0.29, 0.717) is 0 Å². The smallest absolute Gasteiger partial charge is 0.410 e. The highest BCUT2D eigenvalue weighted by molar-refractivity contribution is 5.76. The van der Waals surface area contributed by atoms with E-state index in [1.54, 1.807) is 0 Å². The Morgan fingerprint density at radius 2 is 0.857 bits per heavy atom. The van der Waals surface area contributed by atoms with Crippen LogP contribution in [0, 0.1) is 0 Å². The van der Waals surface area contributed by atoms with E-state index >= 15 is 0 Å². The first-order valence-electron chi connectivity index (χ1n) is 9.46. The molecule has 6 N–H and O–H groups in total. The van der Waals surface area contributed by atoms with Crippen LogP contribution in [0.5, 0.6) is 0 Å². The second-order valence-electron chi connectivity index (χ2n) is 5.14. The van der Waals surface area contributed by atoms with Crippen LogP contribution in [0.15, 0.2) is 0 Å². The molecule has 0 unspecified atom stereocenters. The number of nitrogens with one attached hydrogen (secondary N) is 2. The predicted octanol–water partition coefficient (Wildman–Crippen LogP) is -1.19. The number of carbonyl (C=O) groups is 6. The number of hydrogen-bond donors (Lipinski definition) is 6. The molecule has 20 nitrogen and oxygen atoms in total. The molecule has 0 bridgehead atoms.